The number of ketones is 1. The second-order valence-electron chi connectivity index (χ2n) is 4.27. The van der Waals surface area contributed by atoms with E-state index < -0.39 is 0 Å². The number of likely N-dealkylation sites (tertiary alicyclic amines) is 1. The van der Waals surface area contributed by atoms with Crippen LogP contribution in [0.5, 0.6) is 0 Å². The molecule has 1 saturated carbocycles. The van der Waals surface area contributed by atoms with Gasteiger partial charge in [-0.2, -0.15) is 0 Å². The molecule has 68 valence electrons. The van der Waals surface area contributed by atoms with E-state index in [1.54, 1.807) is 0 Å². The summed E-state index contributed by atoms with van der Waals surface area (Å²) in [5, 5.41) is 0. The highest BCUT2D eigenvalue weighted by Gasteiger charge is 2.39. The number of Topliss-reactive ketones (excluding diaryl/α,β-unsaturated/α-hetero) is 1. The fraction of sp³-hybridized carbons (Fsp3) is 0.889. The second-order valence-corrected chi connectivity index (χ2v) is 4.27. The maximum Gasteiger partial charge on any atom is 0.133 e. The number of hydrogen-bond donors (Lipinski definition) is 1. The minimum atomic E-state index is 0.277. The summed E-state index contributed by atoms with van der Waals surface area (Å²) in [7, 11) is 2.11. The molecule has 0 aromatic carbocycles. The molecule has 1 aliphatic carbocycles. The van der Waals surface area contributed by atoms with E-state index in [9.17, 15) is 4.79 Å². The number of carbonyl (C=O) groups is 1. The van der Waals surface area contributed by atoms with Crippen LogP contribution in [0.15, 0.2) is 0 Å². The Morgan fingerprint density at radius 1 is 1.33 bits per heavy atom. The summed E-state index contributed by atoms with van der Waals surface area (Å²) in [6.45, 7) is 2.01. The molecule has 0 aromatic rings. The zero-order valence-corrected chi connectivity index (χ0v) is 7.49. The molecule has 0 amide bonds. The third-order valence-electron chi connectivity index (χ3n) is 3.16. The molecule has 2 bridgehead atoms. The molecule has 0 spiro atoms. The predicted octanol–water partition coefficient (Wildman–Crippen LogP) is -0.146. The molecule has 2 aliphatic rings. The molecule has 1 aliphatic heterocycles. The van der Waals surface area contributed by atoms with Gasteiger partial charge in [-0.05, 0) is 18.9 Å². The molecular formula is C9H16N2O. The molecule has 0 aromatic heterocycles. The third-order valence-corrected chi connectivity index (χ3v) is 3.16. The molecule has 2 fully saturated rings. The Hall–Kier alpha value is -0.410. The van der Waals surface area contributed by atoms with Crippen LogP contribution >= 0.6 is 0 Å². The Labute approximate surface area is 72.9 Å². The normalized spacial score (nSPS) is 43.2. The highest BCUT2D eigenvalue weighted by atomic mass is 16.1. The lowest BCUT2D eigenvalue weighted by Crippen LogP contribution is -2.55. The molecule has 1 heterocycles. The number of nitrogens with zero attached hydrogens (tertiary/aromatic N) is 1. The van der Waals surface area contributed by atoms with Gasteiger partial charge in [-0.25, -0.2) is 0 Å². The van der Waals surface area contributed by atoms with Gasteiger partial charge in [-0.1, -0.05) is 0 Å². The lowest BCUT2D eigenvalue weighted by molar-refractivity contribution is -0.125. The zero-order valence-electron chi connectivity index (χ0n) is 7.49. The van der Waals surface area contributed by atoms with Crippen LogP contribution in [0.3, 0.4) is 0 Å². The van der Waals surface area contributed by atoms with Gasteiger partial charge in [0.1, 0.15) is 5.78 Å². The van der Waals surface area contributed by atoms with Crippen LogP contribution in [-0.2, 0) is 4.79 Å². The Morgan fingerprint density at radius 2 is 1.83 bits per heavy atom. The smallest absolute Gasteiger partial charge is 0.133 e. The summed E-state index contributed by atoms with van der Waals surface area (Å²) in [5.41, 5.74) is 6.03. The van der Waals surface area contributed by atoms with Crippen LogP contribution in [-0.4, -0.2) is 36.9 Å². The standard InChI is InChI=1S/C9H16N2O/c1-11-4-6-2-8(12)3-7(5-11)9(6)10/h6-7,9H,2-5,10H2,1H3. The van der Waals surface area contributed by atoms with E-state index in [-0.39, 0.29) is 6.04 Å². The first-order valence-corrected chi connectivity index (χ1v) is 4.62. The summed E-state index contributed by atoms with van der Waals surface area (Å²) in [6, 6.07) is 0.277. The summed E-state index contributed by atoms with van der Waals surface area (Å²) < 4.78 is 0. The molecule has 3 nitrogen and oxygen atoms in total. The van der Waals surface area contributed by atoms with Crippen molar-refractivity contribution < 1.29 is 4.79 Å². The minimum Gasteiger partial charge on any atom is -0.327 e. The number of piperidine rings is 1. The molecule has 12 heavy (non-hydrogen) atoms. The van der Waals surface area contributed by atoms with E-state index in [0.29, 0.717) is 30.5 Å². The second kappa shape index (κ2) is 2.82. The number of nitrogens with two attached hydrogens (primary N) is 1. The van der Waals surface area contributed by atoms with Crippen molar-refractivity contribution in [2.75, 3.05) is 20.1 Å². The van der Waals surface area contributed by atoms with Gasteiger partial charge >= 0.3 is 0 Å². The van der Waals surface area contributed by atoms with Crippen LogP contribution in [0.25, 0.3) is 0 Å². The number of rotatable bonds is 0. The van der Waals surface area contributed by atoms with Gasteiger partial charge in [-0.15, -0.1) is 0 Å². The first kappa shape index (κ1) is 8.20. The van der Waals surface area contributed by atoms with E-state index in [0.717, 1.165) is 13.1 Å². The molecule has 2 atom stereocenters. The van der Waals surface area contributed by atoms with Crippen molar-refractivity contribution in [3.63, 3.8) is 0 Å². The van der Waals surface area contributed by atoms with Gasteiger partial charge in [0.15, 0.2) is 0 Å². The highest BCUT2D eigenvalue weighted by Crippen LogP contribution is 2.30. The number of carbonyl (C=O) groups excluding carboxylic acids is 1. The third kappa shape index (κ3) is 1.27. The topological polar surface area (TPSA) is 46.3 Å². The van der Waals surface area contributed by atoms with Crippen molar-refractivity contribution in [3.05, 3.63) is 0 Å². The number of fused-ring (bicyclic) bond motifs is 2. The van der Waals surface area contributed by atoms with Gasteiger partial charge in [0.25, 0.3) is 0 Å². The fourth-order valence-corrected chi connectivity index (χ4v) is 2.57. The molecule has 3 heteroatoms. The van der Waals surface area contributed by atoms with Crippen molar-refractivity contribution >= 4 is 5.78 Å². The Balaban J connectivity index is 2.13. The summed E-state index contributed by atoms with van der Waals surface area (Å²) in [4.78, 5) is 13.6. The molecule has 2 rings (SSSR count). The summed E-state index contributed by atoms with van der Waals surface area (Å²) in [6.07, 6.45) is 1.42. The van der Waals surface area contributed by atoms with Crippen molar-refractivity contribution in [1.29, 1.82) is 0 Å². The van der Waals surface area contributed by atoms with E-state index >= 15 is 0 Å². The molecular weight excluding hydrogens is 152 g/mol. The summed E-state index contributed by atoms with van der Waals surface area (Å²) >= 11 is 0. The van der Waals surface area contributed by atoms with Crippen LogP contribution in [0.2, 0.25) is 0 Å². The first-order valence-electron chi connectivity index (χ1n) is 4.62. The average Bonchev–Trinajstić information content (AvgIpc) is 1.94. The van der Waals surface area contributed by atoms with Crippen LogP contribution in [0.4, 0.5) is 0 Å². The van der Waals surface area contributed by atoms with E-state index in [4.69, 9.17) is 5.73 Å². The SMILES string of the molecule is CN1CC2CC(=O)CC(C1)C2N. The predicted molar refractivity (Wildman–Crippen MR) is 46.7 cm³/mol. The Morgan fingerprint density at radius 3 is 2.33 bits per heavy atom. The van der Waals surface area contributed by atoms with Gasteiger partial charge < -0.3 is 10.6 Å². The maximum absolute atomic E-state index is 11.3. The fourth-order valence-electron chi connectivity index (χ4n) is 2.57. The van der Waals surface area contributed by atoms with Gasteiger partial charge in [0.05, 0.1) is 0 Å². The van der Waals surface area contributed by atoms with Gasteiger partial charge in [0, 0.05) is 32.0 Å². The van der Waals surface area contributed by atoms with E-state index in [1.165, 1.54) is 0 Å². The number of hydrogen-bond acceptors (Lipinski definition) is 3. The average molecular weight is 168 g/mol. The first-order chi connectivity index (χ1) is 5.66. The van der Waals surface area contributed by atoms with Crippen molar-refractivity contribution in [3.8, 4) is 0 Å². The largest absolute Gasteiger partial charge is 0.327 e. The molecule has 2 unspecified atom stereocenters. The molecule has 2 N–H and O–H groups in total. The quantitative estimate of drug-likeness (QED) is 0.547. The minimum absolute atomic E-state index is 0.277. The van der Waals surface area contributed by atoms with Crippen molar-refractivity contribution in [2.45, 2.75) is 18.9 Å². The molecule has 1 saturated heterocycles. The van der Waals surface area contributed by atoms with E-state index in [2.05, 4.69) is 11.9 Å². The monoisotopic (exact) mass is 168 g/mol. The van der Waals surface area contributed by atoms with Gasteiger partial charge in [0.2, 0.25) is 0 Å². The lowest BCUT2D eigenvalue weighted by atomic mass is 9.73. The lowest BCUT2D eigenvalue weighted by Gasteiger charge is -2.43. The summed E-state index contributed by atoms with van der Waals surface area (Å²) in [5.74, 6) is 1.27. The van der Waals surface area contributed by atoms with Crippen LogP contribution in [0, 0.1) is 11.8 Å². The Bertz CT molecular complexity index is 187. The Kier molecular flexibility index (Phi) is 1.93. The molecule has 0 radical (unpaired) electrons. The zero-order chi connectivity index (χ0) is 8.72. The van der Waals surface area contributed by atoms with Gasteiger partial charge in [-0.3, -0.25) is 4.79 Å². The highest BCUT2D eigenvalue weighted by molar-refractivity contribution is 5.80. The van der Waals surface area contributed by atoms with Crippen molar-refractivity contribution in [2.24, 2.45) is 17.6 Å². The van der Waals surface area contributed by atoms with Crippen molar-refractivity contribution in [1.82, 2.24) is 4.90 Å². The maximum atomic E-state index is 11.3. The van der Waals surface area contributed by atoms with Crippen LogP contribution in [0.1, 0.15) is 12.8 Å². The van der Waals surface area contributed by atoms with E-state index in [1.807, 2.05) is 0 Å². The van der Waals surface area contributed by atoms with Crippen LogP contribution < -0.4 is 5.73 Å².